The van der Waals surface area contributed by atoms with E-state index in [9.17, 15) is 26.3 Å². The SMILES string of the molecule is FC(F)(F)CCn1ncc2ncc(N3CCC4(CN(c5ccnc(C(F)(F)F)c5)C4)C3)nc21. The molecule has 0 aromatic carbocycles. The molecule has 2 fully saturated rings. The van der Waals surface area contributed by atoms with Gasteiger partial charge in [-0.2, -0.15) is 31.4 Å². The van der Waals surface area contributed by atoms with E-state index in [2.05, 4.69) is 20.1 Å². The van der Waals surface area contributed by atoms with Crippen LogP contribution in [0.4, 0.5) is 37.8 Å². The lowest BCUT2D eigenvalue weighted by atomic mass is 9.79. The maximum absolute atomic E-state index is 12.9. The summed E-state index contributed by atoms with van der Waals surface area (Å²) in [6, 6.07) is 2.62. The minimum atomic E-state index is -4.49. The van der Waals surface area contributed by atoms with Gasteiger partial charge in [0, 0.05) is 43.5 Å². The summed E-state index contributed by atoms with van der Waals surface area (Å²) < 4.78 is 77.8. The van der Waals surface area contributed by atoms with E-state index in [1.165, 1.54) is 10.9 Å². The van der Waals surface area contributed by atoms with Gasteiger partial charge in [0.15, 0.2) is 5.65 Å². The average molecular weight is 471 g/mol. The topological polar surface area (TPSA) is 63.0 Å². The number of pyridine rings is 1. The van der Waals surface area contributed by atoms with Crippen LogP contribution in [0.1, 0.15) is 18.5 Å². The Kier molecular flexibility index (Phi) is 4.90. The molecule has 0 bridgehead atoms. The van der Waals surface area contributed by atoms with Gasteiger partial charge in [-0.3, -0.25) is 4.98 Å². The van der Waals surface area contributed by atoms with Crippen molar-refractivity contribution >= 4 is 22.7 Å². The van der Waals surface area contributed by atoms with Gasteiger partial charge in [-0.15, -0.1) is 0 Å². The highest BCUT2D eigenvalue weighted by Gasteiger charge is 2.48. The van der Waals surface area contributed by atoms with E-state index in [-0.39, 0.29) is 12.0 Å². The summed E-state index contributed by atoms with van der Waals surface area (Å²) in [7, 11) is 0. The molecule has 2 aliphatic rings. The molecule has 0 N–H and O–H groups in total. The molecule has 0 radical (unpaired) electrons. The monoisotopic (exact) mass is 471 g/mol. The quantitative estimate of drug-likeness (QED) is 0.538. The first-order valence-corrected chi connectivity index (χ1v) is 10.3. The normalized spacial score (nSPS) is 18.4. The third-order valence-corrected chi connectivity index (χ3v) is 6.15. The number of alkyl halides is 6. The van der Waals surface area contributed by atoms with Gasteiger partial charge in [0.1, 0.15) is 17.0 Å². The molecular weight excluding hydrogens is 452 g/mol. The number of aryl methyl sites for hydroxylation is 1. The van der Waals surface area contributed by atoms with Crippen LogP contribution in [0.5, 0.6) is 0 Å². The molecule has 0 amide bonds. The van der Waals surface area contributed by atoms with Crippen molar-refractivity contribution in [3.63, 3.8) is 0 Å². The fourth-order valence-electron chi connectivity index (χ4n) is 4.49. The van der Waals surface area contributed by atoms with Gasteiger partial charge in [0.05, 0.1) is 25.4 Å². The standard InChI is InChI=1S/C20H19F6N7/c21-19(22,23)3-6-33-17-14(8-29-33)28-9-16(30-17)31-5-2-18(10-31)11-32(12-18)13-1-4-27-15(7-13)20(24,25)26/h1,4,7-9H,2-3,5-6,10-12H2. The molecule has 7 nitrogen and oxygen atoms in total. The van der Waals surface area contributed by atoms with Gasteiger partial charge >= 0.3 is 12.4 Å². The highest BCUT2D eigenvalue weighted by atomic mass is 19.4. The first-order chi connectivity index (χ1) is 15.5. The summed E-state index contributed by atoms with van der Waals surface area (Å²) in [6.45, 7) is 2.18. The Morgan fingerprint density at radius 3 is 2.45 bits per heavy atom. The zero-order valence-electron chi connectivity index (χ0n) is 17.2. The molecule has 2 saturated heterocycles. The Hall–Kier alpha value is -3.12. The van der Waals surface area contributed by atoms with E-state index in [0.717, 1.165) is 18.7 Å². The Bertz CT molecular complexity index is 1170. The average Bonchev–Trinajstić information content (AvgIpc) is 3.34. The van der Waals surface area contributed by atoms with E-state index in [0.29, 0.717) is 48.8 Å². The van der Waals surface area contributed by atoms with Gasteiger partial charge in [0.25, 0.3) is 0 Å². The number of nitrogens with zero attached hydrogens (tertiary/aromatic N) is 7. The molecule has 176 valence electrons. The molecule has 5 rings (SSSR count). The minimum Gasteiger partial charge on any atom is -0.370 e. The highest BCUT2D eigenvalue weighted by Crippen LogP contribution is 2.43. The maximum Gasteiger partial charge on any atom is 0.433 e. The van der Waals surface area contributed by atoms with Gasteiger partial charge in [-0.1, -0.05) is 0 Å². The van der Waals surface area contributed by atoms with Gasteiger partial charge in [0.2, 0.25) is 0 Å². The van der Waals surface area contributed by atoms with Crippen LogP contribution in [0.2, 0.25) is 0 Å². The molecule has 13 heteroatoms. The first kappa shape index (κ1) is 21.7. The van der Waals surface area contributed by atoms with Crippen molar-refractivity contribution < 1.29 is 26.3 Å². The fourth-order valence-corrected chi connectivity index (χ4v) is 4.49. The molecule has 0 atom stereocenters. The minimum absolute atomic E-state index is 0.0885. The lowest BCUT2D eigenvalue weighted by molar-refractivity contribution is -0.141. The third kappa shape index (κ3) is 4.27. The van der Waals surface area contributed by atoms with Crippen LogP contribution in [0.25, 0.3) is 11.2 Å². The number of aromatic nitrogens is 5. The maximum atomic E-state index is 12.9. The number of fused-ring (bicyclic) bond motifs is 1. The summed E-state index contributed by atoms with van der Waals surface area (Å²) in [5.74, 6) is 0.551. The van der Waals surface area contributed by atoms with Gasteiger partial charge < -0.3 is 9.80 Å². The second kappa shape index (κ2) is 7.45. The Balaban J connectivity index is 1.27. The largest absolute Gasteiger partial charge is 0.433 e. The summed E-state index contributed by atoms with van der Waals surface area (Å²) in [5.41, 5.74) is 0.192. The van der Waals surface area contributed by atoms with E-state index in [1.54, 1.807) is 12.3 Å². The number of hydrogen-bond donors (Lipinski definition) is 0. The molecule has 3 aromatic heterocycles. The van der Waals surface area contributed by atoms with E-state index >= 15 is 0 Å². The van der Waals surface area contributed by atoms with Crippen LogP contribution in [-0.4, -0.2) is 57.1 Å². The number of hydrogen-bond acceptors (Lipinski definition) is 6. The molecule has 0 unspecified atom stereocenters. The van der Waals surface area contributed by atoms with Crippen LogP contribution in [0.15, 0.2) is 30.7 Å². The second-order valence-electron chi connectivity index (χ2n) is 8.59. The predicted molar refractivity (Wildman–Crippen MR) is 107 cm³/mol. The van der Waals surface area contributed by atoms with E-state index in [4.69, 9.17) is 0 Å². The van der Waals surface area contributed by atoms with Gasteiger partial charge in [-0.25, -0.2) is 14.6 Å². The van der Waals surface area contributed by atoms with Crippen LogP contribution in [0, 0.1) is 5.41 Å². The molecular formula is C20H19F6N7. The molecule has 0 saturated carbocycles. The molecule has 1 spiro atoms. The first-order valence-electron chi connectivity index (χ1n) is 10.3. The van der Waals surface area contributed by atoms with Crippen molar-refractivity contribution in [3.8, 4) is 0 Å². The number of rotatable bonds is 4. The van der Waals surface area contributed by atoms with Crippen LogP contribution in [0.3, 0.4) is 0 Å². The summed E-state index contributed by atoms with van der Waals surface area (Å²) in [5, 5.41) is 3.97. The van der Waals surface area contributed by atoms with Crippen LogP contribution in [-0.2, 0) is 12.7 Å². The smallest absolute Gasteiger partial charge is 0.370 e. The summed E-state index contributed by atoms with van der Waals surface area (Å²) >= 11 is 0. The van der Waals surface area contributed by atoms with Crippen molar-refractivity contribution in [1.29, 1.82) is 0 Å². The van der Waals surface area contributed by atoms with E-state index < -0.39 is 24.5 Å². The predicted octanol–water partition coefficient (Wildman–Crippen LogP) is 3.91. The molecule has 33 heavy (non-hydrogen) atoms. The van der Waals surface area contributed by atoms with Crippen LogP contribution < -0.4 is 9.80 Å². The zero-order valence-corrected chi connectivity index (χ0v) is 17.2. The van der Waals surface area contributed by atoms with Crippen molar-refractivity contribution in [1.82, 2.24) is 24.7 Å². The third-order valence-electron chi connectivity index (χ3n) is 6.15. The Morgan fingerprint density at radius 2 is 1.73 bits per heavy atom. The number of halogens is 6. The summed E-state index contributed by atoms with van der Waals surface area (Å²) in [4.78, 5) is 16.1. The van der Waals surface area contributed by atoms with E-state index in [1.807, 2.05) is 9.80 Å². The zero-order chi connectivity index (χ0) is 23.4. The number of anilines is 2. The lowest BCUT2D eigenvalue weighted by Crippen LogP contribution is -2.57. The van der Waals surface area contributed by atoms with Crippen molar-refractivity contribution in [2.75, 3.05) is 36.0 Å². The molecule has 2 aliphatic heterocycles. The molecule has 0 aliphatic carbocycles. The van der Waals surface area contributed by atoms with Gasteiger partial charge in [-0.05, 0) is 18.6 Å². The Labute approximate surface area is 184 Å². The van der Waals surface area contributed by atoms with Crippen LogP contribution >= 0.6 is 0 Å². The Morgan fingerprint density at radius 1 is 0.970 bits per heavy atom. The molecule has 3 aromatic rings. The second-order valence-corrected chi connectivity index (χ2v) is 8.59. The molecule has 5 heterocycles. The van der Waals surface area contributed by atoms with Crippen molar-refractivity contribution in [3.05, 3.63) is 36.4 Å². The lowest BCUT2D eigenvalue weighted by Gasteiger charge is -2.49. The fraction of sp³-hybridized carbons (Fsp3) is 0.500. The highest BCUT2D eigenvalue weighted by molar-refractivity contribution is 5.71. The van der Waals surface area contributed by atoms with Crippen molar-refractivity contribution in [2.24, 2.45) is 5.41 Å². The van der Waals surface area contributed by atoms with Crippen molar-refractivity contribution in [2.45, 2.75) is 31.7 Å². The summed E-state index contributed by atoms with van der Waals surface area (Å²) in [6.07, 6.45) is -4.84.